The Bertz CT molecular complexity index is 132. The molecule has 0 aromatic heterocycles. The highest BCUT2D eigenvalue weighted by atomic mass is 16.5. The van der Waals surface area contributed by atoms with Crippen LogP contribution in [0.1, 0.15) is 27.7 Å². The summed E-state index contributed by atoms with van der Waals surface area (Å²) in [5.74, 6) is 0.573. The second kappa shape index (κ2) is 8.27. The van der Waals surface area contributed by atoms with Gasteiger partial charge in [0.15, 0.2) is 0 Å². The molecule has 13 heavy (non-hydrogen) atoms. The molecule has 2 nitrogen and oxygen atoms in total. The Morgan fingerprint density at radius 3 is 2.54 bits per heavy atom. The second-order valence-electron chi connectivity index (χ2n) is 3.49. The Kier molecular flexibility index (Phi) is 8.05. The average molecular weight is 185 g/mol. The van der Waals surface area contributed by atoms with Gasteiger partial charge >= 0.3 is 0 Å². The van der Waals surface area contributed by atoms with Crippen LogP contribution in [0.5, 0.6) is 0 Å². The third-order valence-corrected chi connectivity index (χ3v) is 1.98. The van der Waals surface area contributed by atoms with E-state index in [0.29, 0.717) is 12.0 Å². The van der Waals surface area contributed by atoms with E-state index >= 15 is 0 Å². The molecule has 0 heterocycles. The molecule has 1 atom stereocenters. The fourth-order valence-electron chi connectivity index (χ4n) is 1.05. The lowest BCUT2D eigenvalue weighted by Crippen LogP contribution is -2.33. The van der Waals surface area contributed by atoms with Gasteiger partial charge < -0.3 is 10.1 Å². The van der Waals surface area contributed by atoms with Crippen LogP contribution in [0.2, 0.25) is 0 Å². The molecule has 0 aliphatic rings. The van der Waals surface area contributed by atoms with Crippen molar-refractivity contribution in [3.63, 3.8) is 0 Å². The number of ether oxygens (including phenoxy) is 1. The van der Waals surface area contributed by atoms with Gasteiger partial charge in [0.25, 0.3) is 0 Å². The molecule has 0 rings (SSSR count). The van der Waals surface area contributed by atoms with Gasteiger partial charge in [0.2, 0.25) is 0 Å². The molecule has 0 saturated carbocycles. The summed E-state index contributed by atoms with van der Waals surface area (Å²) in [6.45, 7) is 11.2. The molecule has 0 radical (unpaired) electrons. The van der Waals surface area contributed by atoms with Crippen LogP contribution in [-0.4, -0.2) is 25.8 Å². The van der Waals surface area contributed by atoms with Crippen LogP contribution >= 0.6 is 0 Å². The molecule has 0 amide bonds. The predicted octanol–water partition coefficient (Wildman–Crippen LogP) is 2.21. The van der Waals surface area contributed by atoms with E-state index in [1.807, 2.05) is 19.1 Å². The summed E-state index contributed by atoms with van der Waals surface area (Å²) in [6, 6.07) is 0. The monoisotopic (exact) mass is 185 g/mol. The molecule has 2 heteroatoms. The first-order chi connectivity index (χ1) is 6.22. The van der Waals surface area contributed by atoms with E-state index in [1.165, 1.54) is 0 Å². The number of allylic oxidation sites excluding steroid dienone is 1. The Labute approximate surface area is 82.4 Å². The van der Waals surface area contributed by atoms with Gasteiger partial charge in [-0.1, -0.05) is 32.9 Å². The number of likely N-dealkylation sites (N-methyl/N-ethyl adjacent to an activating group) is 1. The van der Waals surface area contributed by atoms with Crippen LogP contribution in [0.25, 0.3) is 0 Å². The Morgan fingerprint density at radius 2 is 2.08 bits per heavy atom. The standard InChI is InChI=1S/C11H23NO/c1-5-7-8-13-11(10(3)4)9-12-6-2/h5,7,10-12H,6,8-9H2,1-4H3. The summed E-state index contributed by atoms with van der Waals surface area (Å²) in [6.07, 6.45) is 4.39. The van der Waals surface area contributed by atoms with E-state index < -0.39 is 0 Å². The van der Waals surface area contributed by atoms with Gasteiger partial charge in [-0.05, 0) is 19.4 Å². The normalized spacial score (nSPS) is 14.2. The van der Waals surface area contributed by atoms with Gasteiger partial charge in [0.05, 0.1) is 12.7 Å². The van der Waals surface area contributed by atoms with Crippen molar-refractivity contribution in [1.82, 2.24) is 5.32 Å². The average Bonchev–Trinajstić information content (AvgIpc) is 2.10. The van der Waals surface area contributed by atoms with Gasteiger partial charge in [-0.15, -0.1) is 0 Å². The lowest BCUT2D eigenvalue weighted by molar-refractivity contribution is 0.0411. The summed E-state index contributed by atoms with van der Waals surface area (Å²) in [7, 11) is 0. The first kappa shape index (κ1) is 12.7. The van der Waals surface area contributed by atoms with Crippen molar-refractivity contribution < 1.29 is 4.74 Å². The van der Waals surface area contributed by atoms with Gasteiger partial charge in [-0.2, -0.15) is 0 Å². The number of hydrogen-bond donors (Lipinski definition) is 1. The first-order valence-electron chi connectivity index (χ1n) is 5.15. The molecule has 0 fully saturated rings. The number of rotatable bonds is 7. The topological polar surface area (TPSA) is 21.3 Å². The van der Waals surface area contributed by atoms with E-state index in [9.17, 15) is 0 Å². The van der Waals surface area contributed by atoms with E-state index in [2.05, 4.69) is 26.1 Å². The van der Waals surface area contributed by atoms with Crippen LogP contribution < -0.4 is 5.32 Å². The van der Waals surface area contributed by atoms with Crippen LogP contribution in [-0.2, 0) is 4.74 Å². The van der Waals surface area contributed by atoms with Crippen molar-refractivity contribution in [3.05, 3.63) is 12.2 Å². The summed E-state index contributed by atoms with van der Waals surface area (Å²) < 4.78 is 5.70. The quantitative estimate of drug-likeness (QED) is 0.614. The van der Waals surface area contributed by atoms with E-state index in [-0.39, 0.29) is 0 Å². The summed E-state index contributed by atoms with van der Waals surface area (Å²) in [5, 5.41) is 3.31. The summed E-state index contributed by atoms with van der Waals surface area (Å²) in [4.78, 5) is 0. The molecular weight excluding hydrogens is 162 g/mol. The zero-order valence-electron chi connectivity index (χ0n) is 9.34. The van der Waals surface area contributed by atoms with Crippen molar-refractivity contribution in [2.45, 2.75) is 33.8 Å². The number of hydrogen-bond acceptors (Lipinski definition) is 2. The first-order valence-corrected chi connectivity index (χ1v) is 5.15. The minimum absolute atomic E-state index is 0.330. The molecule has 0 saturated heterocycles. The maximum Gasteiger partial charge on any atom is 0.0726 e. The van der Waals surface area contributed by atoms with Gasteiger partial charge in [0.1, 0.15) is 0 Å². The van der Waals surface area contributed by atoms with Gasteiger partial charge in [-0.25, -0.2) is 0 Å². The van der Waals surface area contributed by atoms with Crippen molar-refractivity contribution in [2.24, 2.45) is 5.92 Å². The molecule has 78 valence electrons. The molecular formula is C11H23NO. The fourth-order valence-corrected chi connectivity index (χ4v) is 1.05. The van der Waals surface area contributed by atoms with E-state index in [1.54, 1.807) is 0 Å². The molecule has 1 N–H and O–H groups in total. The minimum Gasteiger partial charge on any atom is -0.373 e. The van der Waals surface area contributed by atoms with Gasteiger partial charge in [-0.3, -0.25) is 0 Å². The van der Waals surface area contributed by atoms with Crippen LogP contribution in [0.4, 0.5) is 0 Å². The Balaban J connectivity index is 3.66. The van der Waals surface area contributed by atoms with Gasteiger partial charge in [0, 0.05) is 6.54 Å². The Morgan fingerprint density at radius 1 is 1.38 bits per heavy atom. The molecule has 0 aromatic carbocycles. The van der Waals surface area contributed by atoms with Crippen LogP contribution in [0, 0.1) is 5.92 Å². The lowest BCUT2D eigenvalue weighted by Gasteiger charge is -2.20. The van der Waals surface area contributed by atoms with Crippen molar-refractivity contribution in [2.75, 3.05) is 19.7 Å². The van der Waals surface area contributed by atoms with E-state index in [0.717, 1.165) is 19.7 Å². The largest absolute Gasteiger partial charge is 0.373 e. The van der Waals surface area contributed by atoms with Crippen molar-refractivity contribution >= 4 is 0 Å². The van der Waals surface area contributed by atoms with E-state index in [4.69, 9.17) is 4.74 Å². The third kappa shape index (κ3) is 6.79. The number of nitrogens with one attached hydrogen (secondary N) is 1. The lowest BCUT2D eigenvalue weighted by atomic mass is 10.1. The third-order valence-electron chi connectivity index (χ3n) is 1.98. The molecule has 0 bridgehead atoms. The van der Waals surface area contributed by atoms with Crippen molar-refractivity contribution in [1.29, 1.82) is 0 Å². The molecule has 1 unspecified atom stereocenters. The maximum absolute atomic E-state index is 5.70. The fraction of sp³-hybridized carbons (Fsp3) is 0.818. The smallest absolute Gasteiger partial charge is 0.0726 e. The summed E-state index contributed by atoms with van der Waals surface area (Å²) >= 11 is 0. The zero-order valence-corrected chi connectivity index (χ0v) is 9.34. The molecule has 0 aliphatic carbocycles. The maximum atomic E-state index is 5.70. The van der Waals surface area contributed by atoms with Crippen molar-refractivity contribution in [3.8, 4) is 0 Å². The highest BCUT2D eigenvalue weighted by molar-refractivity contribution is 4.77. The molecule has 0 aromatic rings. The second-order valence-corrected chi connectivity index (χ2v) is 3.49. The predicted molar refractivity (Wildman–Crippen MR) is 57.9 cm³/mol. The molecule has 0 aliphatic heterocycles. The SMILES string of the molecule is CC=CCOC(CNCC)C(C)C. The molecule has 0 spiro atoms. The summed E-state index contributed by atoms with van der Waals surface area (Å²) in [5.41, 5.74) is 0. The zero-order chi connectivity index (χ0) is 10.1. The van der Waals surface area contributed by atoms with Crippen LogP contribution in [0.3, 0.4) is 0 Å². The highest BCUT2D eigenvalue weighted by Crippen LogP contribution is 2.05. The van der Waals surface area contributed by atoms with Crippen LogP contribution in [0.15, 0.2) is 12.2 Å². The Hall–Kier alpha value is -0.340. The minimum atomic E-state index is 0.330. The highest BCUT2D eigenvalue weighted by Gasteiger charge is 2.11.